The molecule has 0 bridgehead atoms. The van der Waals surface area contributed by atoms with Crippen LogP contribution in [0.5, 0.6) is 0 Å². The number of rotatable bonds is 3. The van der Waals surface area contributed by atoms with Gasteiger partial charge < -0.3 is 10.0 Å². The van der Waals surface area contributed by atoms with Gasteiger partial charge in [-0.25, -0.2) is 0 Å². The summed E-state index contributed by atoms with van der Waals surface area (Å²) in [6.45, 7) is 3.13. The number of aliphatic hydroxyl groups is 1. The van der Waals surface area contributed by atoms with Gasteiger partial charge in [0, 0.05) is 18.7 Å². The van der Waals surface area contributed by atoms with Crippen molar-refractivity contribution in [1.82, 2.24) is 9.80 Å². The standard InChI is InChI=1S/C22H26N2O2/c25-21-16-24(15-20(21)23-13-5-2-6-14-23)22(26)19-11-9-18(10-12-19)17-7-3-1-4-8-17/h1,3-4,7-12,20-21,25H,2,5-6,13-16H2/t20-,21-/m0/s1. The zero-order chi connectivity index (χ0) is 17.9. The van der Waals surface area contributed by atoms with E-state index in [2.05, 4.69) is 17.0 Å². The van der Waals surface area contributed by atoms with Crippen molar-refractivity contribution >= 4 is 5.91 Å². The van der Waals surface area contributed by atoms with Crippen LogP contribution >= 0.6 is 0 Å². The van der Waals surface area contributed by atoms with E-state index in [-0.39, 0.29) is 11.9 Å². The van der Waals surface area contributed by atoms with Crippen molar-refractivity contribution < 1.29 is 9.90 Å². The summed E-state index contributed by atoms with van der Waals surface area (Å²) < 4.78 is 0. The third-order valence-electron chi connectivity index (χ3n) is 5.64. The van der Waals surface area contributed by atoms with Crippen molar-refractivity contribution in [2.24, 2.45) is 0 Å². The second kappa shape index (κ2) is 7.60. The highest BCUT2D eigenvalue weighted by atomic mass is 16.3. The highest BCUT2D eigenvalue weighted by molar-refractivity contribution is 5.95. The first-order valence-corrected chi connectivity index (χ1v) is 9.59. The van der Waals surface area contributed by atoms with Crippen LogP contribution < -0.4 is 0 Å². The number of carbonyl (C=O) groups is 1. The van der Waals surface area contributed by atoms with Gasteiger partial charge in [-0.15, -0.1) is 0 Å². The Morgan fingerprint density at radius 2 is 1.50 bits per heavy atom. The summed E-state index contributed by atoms with van der Waals surface area (Å²) in [4.78, 5) is 17.0. The number of hydrogen-bond acceptors (Lipinski definition) is 3. The average Bonchev–Trinajstić information content (AvgIpc) is 3.10. The summed E-state index contributed by atoms with van der Waals surface area (Å²) in [6, 6.07) is 18.0. The van der Waals surface area contributed by atoms with Crippen molar-refractivity contribution in [2.75, 3.05) is 26.2 Å². The first-order chi connectivity index (χ1) is 12.7. The van der Waals surface area contributed by atoms with E-state index < -0.39 is 6.10 Å². The minimum Gasteiger partial charge on any atom is -0.390 e. The highest BCUT2D eigenvalue weighted by Crippen LogP contribution is 2.24. The van der Waals surface area contributed by atoms with E-state index in [0.29, 0.717) is 18.7 Å². The molecule has 1 amide bonds. The van der Waals surface area contributed by atoms with Gasteiger partial charge in [0.1, 0.15) is 0 Å². The van der Waals surface area contributed by atoms with Crippen molar-refractivity contribution in [3.8, 4) is 11.1 Å². The Labute approximate surface area is 155 Å². The molecule has 2 heterocycles. The number of carbonyl (C=O) groups excluding carboxylic acids is 1. The molecule has 4 rings (SSSR count). The first kappa shape index (κ1) is 17.3. The second-order valence-electron chi connectivity index (χ2n) is 7.38. The van der Waals surface area contributed by atoms with E-state index in [0.717, 1.165) is 24.2 Å². The molecule has 26 heavy (non-hydrogen) atoms. The van der Waals surface area contributed by atoms with Crippen molar-refractivity contribution in [2.45, 2.75) is 31.4 Å². The number of benzene rings is 2. The summed E-state index contributed by atoms with van der Waals surface area (Å²) in [5.41, 5.74) is 2.94. The number of amides is 1. The molecule has 2 fully saturated rings. The van der Waals surface area contributed by atoms with Gasteiger partial charge >= 0.3 is 0 Å². The largest absolute Gasteiger partial charge is 0.390 e. The number of piperidine rings is 1. The Kier molecular flexibility index (Phi) is 5.05. The number of nitrogens with zero attached hydrogens (tertiary/aromatic N) is 2. The smallest absolute Gasteiger partial charge is 0.253 e. The molecule has 136 valence electrons. The van der Waals surface area contributed by atoms with Crippen LogP contribution in [0.15, 0.2) is 54.6 Å². The minimum absolute atomic E-state index is 0.0168. The summed E-state index contributed by atoms with van der Waals surface area (Å²) in [6.07, 6.45) is 3.21. The number of β-amino-alcohol motifs (C(OH)–C–C–N with tert-alkyl or cyclic N) is 1. The van der Waals surface area contributed by atoms with Crippen molar-refractivity contribution in [1.29, 1.82) is 0 Å². The Morgan fingerprint density at radius 3 is 2.19 bits per heavy atom. The fourth-order valence-corrected chi connectivity index (χ4v) is 4.16. The molecular weight excluding hydrogens is 324 g/mol. The molecule has 4 nitrogen and oxygen atoms in total. The van der Waals surface area contributed by atoms with Crippen LogP contribution in [0, 0.1) is 0 Å². The topological polar surface area (TPSA) is 43.8 Å². The molecule has 0 aromatic heterocycles. The monoisotopic (exact) mass is 350 g/mol. The Balaban J connectivity index is 1.44. The minimum atomic E-state index is -0.444. The highest BCUT2D eigenvalue weighted by Gasteiger charge is 2.38. The van der Waals surface area contributed by atoms with Gasteiger partial charge in [0.05, 0.1) is 12.1 Å². The van der Waals surface area contributed by atoms with Crippen LogP contribution in [-0.4, -0.2) is 59.1 Å². The molecule has 0 unspecified atom stereocenters. The van der Waals surface area contributed by atoms with E-state index in [9.17, 15) is 9.90 Å². The number of likely N-dealkylation sites (tertiary alicyclic amines) is 2. The van der Waals surface area contributed by atoms with Gasteiger partial charge in [-0.3, -0.25) is 9.69 Å². The Hall–Kier alpha value is -2.17. The molecule has 0 radical (unpaired) electrons. The van der Waals surface area contributed by atoms with Crippen LogP contribution in [0.1, 0.15) is 29.6 Å². The predicted molar refractivity (Wildman–Crippen MR) is 103 cm³/mol. The van der Waals surface area contributed by atoms with Crippen LogP contribution in [-0.2, 0) is 0 Å². The summed E-state index contributed by atoms with van der Waals surface area (Å²) in [7, 11) is 0. The number of aliphatic hydroxyl groups excluding tert-OH is 1. The lowest BCUT2D eigenvalue weighted by molar-refractivity contribution is 0.0702. The SMILES string of the molecule is O=C(c1ccc(-c2ccccc2)cc1)N1C[C@H](O)[C@@H](N2CCCCC2)C1. The first-order valence-electron chi connectivity index (χ1n) is 9.59. The van der Waals surface area contributed by atoms with Gasteiger partial charge in [0.25, 0.3) is 5.91 Å². The zero-order valence-corrected chi connectivity index (χ0v) is 15.1. The van der Waals surface area contributed by atoms with Gasteiger partial charge in [-0.2, -0.15) is 0 Å². The molecule has 4 heteroatoms. The van der Waals surface area contributed by atoms with Gasteiger partial charge in [0.2, 0.25) is 0 Å². The lowest BCUT2D eigenvalue weighted by Crippen LogP contribution is -2.46. The second-order valence-corrected chi connectivity index (χ2v) is 7.38. The lowest BCUT2D eigenvalue weighted by Gasteiger charge is -2.33. The fourth-order valence-electron chi connectivity index (χ4n) is 4.16. The van der Waals surface area contributed by atoms with Crippen molar-refractivity contribution in [3.05, 3.63) is 60.2 Å². The summed E-state index contributed by atoms with van der Waals surface area (Å²) in [5.74, 6) is 0.0168. The quantitative estimate of drug-likeness (QED) is 0.925. The number of hydrogen-bond donors (Lipinski definition) is 1. The van der Waals surface area contributed by atoms with E-state index in [1.807, 2.05) is 47.4 Å². The molecule has 0 saturated carbocycles. The molecule has 2 saturated heterocycles. The van der Waals surface area contributed by atoms with Crippen LogP contribution in [0.25, 0.3) is 11.1 Å². The lowest BCUT2D eigenvalue weighted by atomic mass is 10.0. The van der Waals surface area contributed by atoms with Gasteiger partial charge in [-0.1, -0.05) is 48.9 Å². The summed E-state index contributed by atoms with van der Waals surface area (Å²) >= 11 is 0. The average molecular weight is 350 g/mol. The molecule has 2 aromatic rings. The van der Waals surface area contributed by atoms with E-state index >= 15 is 0 Å². The van der Waals surface area contributed by atoms with Crippen LogP contribution in [0.3, 0.4) is 0 Å². The van der Waals surface area contributed by atoms with Gasteiger partial charge in [-0.05, 0) is 49.2 Å². The molecule has 2 aliphatic rings. The summed E-state index contributed by atoms with van der Waals surface area (Å²) in [5, 5.41) is 10.5. The van der Waals surface area contributed by atoms with E-state index in [4.69, 9.17) is 0 Å². The molecule has 2 atom stereocenters. The zero-order valence-electron chi connectivity index (χ0n) is 15.1. The Morgan fingerprint density at radius 1 is 0.846 bits per heavy atom. The molecule has 2 aliphatic heterocycles. The predicted octanol–water partition coefficient (Wildman–Crippen LogP) is 3.02. The van der Waals surface area contributed by atoms with E-state index in [1.165, 1.54) is 19.3 Å². The molecule has 0 aliphatic carbocycles. The third-order valence-corrected chi connectivity index (χ3v) is 5.64. The van der Waals surface area contributed by atoms with Crippen LogP contribution in [0.2, 0.25) is 0 Å². The molecule has 1 N–H and O–H groups in total. The maximum absolute atomic E-state index is 12.9. The normalized spacial score (nSPS) is 24.0. The third kappa shape index (κ3) is 3.53. The molecule has 2 aromatic carbocycles. The molecule has 0 spiro atoms. The van der Waals surface area contributed by atoms with Crippen LogP contribution in [0.4, 0.5) is 0 Å². The maximum atomic E-state index is 12.9. The van der Waals surface area contributed by atoms with Gasteiger partial charge in [0.15, 0.2) is 0 Å². The van der Waals surface area contributed by atoms with E-state index in [1.54, 1.807) is 0 Å². The fraction of sp³-hybridized carbons (Fsp3) is 0.409. The maximum Gasteiger partial charge on any atom is 0.253 e. The molecular formula is C22H26N2O2. The Bertz CT molecular complexity index is 738. The van der Waals surface area contributed by atoms with Crippen molar-refractivity contribution in [3.63, 3.8) is 0 Å².